The smallest absolute Gasteiger partial charge is 0.220 e. The lowest BCUT2D eigenvalue weighted by molar-refractivity contribution is -0.121. The lowest BCUT2D eigenvalue weighted by atomic mass is 10.2. The summed E-state index contributed by atoms with van der Waals surface area (Å²) in [6.45, 7) is 2.80. The third-order valence-electron chi connectivity index (χ3n) is 4.96. The molecule has 2 aromatic carbocycles. The monoisotopic (exact) mass is 479 g/mol. The molecule has 180 valence electrons. The number of nitrogens with one attached hydrogen (secondary N) is 1. The van der Waals surface area contributed by atoms with Gasteiger partial charge in [-0.05, 0) is 55.0 Å². The summed E-state index contributed by atoms with van der Waals surface area (Å²) in [4.78, 5) is 20.6. The number of nitrogens with zero attached hydrogens (tertiary/aromatic N) is 2. The van der Waals surface area contributed by atoms with Crippen LogP contribution in [0.4, 0.5) is 8.78 Å². The van der Waals surface area contributed by atoms with E-state index in [2.05, 4.69) is 15.3 Å². The number of rotatable bonds is 10. The van der Waals surface area contributed by atoms with Gasteiger partial charge in [0.25, 0.3) is 0 Å². The maximum atomic E-state index is 13.9. The third kappa shape index (κ3) is 6.63. The van der Waals surface area contributed by atoms with E-state index in [4.69, 9.17) is 13.9 Å². The SMILES string of the molecule is CCOc1ccc(Oc2cc(CNC(=O)CCc3ncc(-c4ccc(F)cc4F)o3)ccn2)cc1. The second-order valence-electron chi connectivity index (χ2n) is 7.53. The second-order valence-corrected chi connectivity index (χ2v) is 7.53. The number of ether oxygens (including phenoxy) is 2. The van der Waals surface area contributed by atoms with Crippen molar-refractivity contribution in [2.75, 3.05) is 6.61 Å². The highest BCUT2D eigenvalue weighted by molar-refractivity contribution is 5.76. The minimum Gasteiger partial charge on any atom is -0.494 e. The molecule has 2 aromatic heterocycles. The van der Waals surface area contributed by atoms with Gasteiger partial charge >= 0.3 is 0 Å². The lowest BCUT2D eigenvalue weighted by Gasteiger charge is -2.09. The highest BCUT2D eigenvalue weighted by Crippen LogP contribution is 2.25. The highest BCUT2D eigenvalue weighted by atomic mass is 19.1. The molecule has 4 aromatic rings. The summed E-state index contributed by atoms with van der Waals surface area (Å²) in [5.74, 6) is 0.620. The number of carbonyl (C=O) groups excluding carboxylic acids is 1. The standard InChI is InChI=1S/C26H23F2N3O4/c1-2-33-19-4-6-20(7-5-19)34-26-13-17(11-12-29-26)15-30-24(32)9-10-25-31-16-23(35-25)21-8-3-18(27)14-22(21)28/h3-8,11-14,16H,2,9-10,15H2,1H3,(H,30,32). The predicted octanol–water partition coefficient (Wildman–Crippen LogP) is 5.45. The Morgan fingerprint density at radius 1 is 1.03 bits per heavy atom. The molecule has 0 aliphatic carbocycles. The van der Waals surface area contributed by atoms with Gasteiger partial charge in [-0.2, -0.15) is 0 Å². The second kappa shape index (κ2) is 11.2. The van der Waals surface area contributed by atoms with Gasteiger partial charge in [-0.3, -0.25) is 4.79 Å². The molecule has 0 saturated heterocycles. The van der Waals surface area contributed by atoms with Crippen molar-refractivity contribution in [2.24, 2.45) is 0 Å². The average molecular weight is 479 g/mol. The largest absolute Gasteiger partial charge is 0.494 e. The summed E-state index contributed by atoms with van der Waals surface area (Å²) in [6.07, 6.45) is 3.32. The van der Waals surface area contributed by atoms with Crippen molar-refractivity contribution in [3.05, 3.63) is 90.1 Å². The molecule has 1 amide bonds. The number of hydrogen-bond donors (Lipinski definition) is 1. The molecule has 0 saturated carbocycles. The molecule has 0 atom stereocenters. The van der Waals surface area contributed by atoms with Crippen LogP contribution in [-0.2, 0) is 17.8 Å². The fourth-order valence-corrected chi connectivity index (χ4v) is 3.26. The van der Waals surface area contributed by atoms with Gasteiger partial charge in [0.05, 0.1) is 18.4 Å². The van der Waals surface area contributed by atoms with Crippen molar-refractivity contribution in [3.63, 3.8) is 0 Å². The Morgan fingerprint density at radius 2 is 1.83 bits per heavy atom. The first-order valence-corrected chi connectivity index (χ1v) is 11.0. The highest BCUT2D eigenvalue weighted by Gasteiger charge is 2.13. The van der Waals surface area contributed by atoms with Gasteiger partial charge in [0, 0.05) is 37.7 Å². The van der Waals surface area contributed by atoms with Crippen LogP contribution in [0.25, 0.3) is 11.3 Å². The Morgan fingerprint density at radius 3 is 2.60 bits per heavy atom. The number of aromatic nitrogens is 2. The minimum atomic E-state index is -0.742. The van der Waals surface area contributed by atoms with Gasteiger partial charge in [0.1, 0.15) is 23.1 Å². The molecular weight excluding hydrogens is 456 g/mol. The van der Waals surface area contributed by atoms with E-state index in [1.165, 1.54) is 12.3 Å². The molecule has 0 aliphatic rings. The summed E-state index contributed by atoms with van der Waals surface area (Å²) >= 11 is 0. The topological polar surface area (TPSA) is 86.5 Å². The van der Waals surface area contributed by atoms with Crippen LogP contribution in [0, 0.1) is 11.6 Å². The van der Waals surface area contributed by atoms with Crippen molar-refractivity contribution in [2.45, 2.75) is 26.3 Å². The Kier molecular flexibility index (Phi) is 7.67. The van der Waals surface area contributed by atoms with E-state index < -0.39 is 11.6 Å². The Bertz CT molecular complexity index is 1290. The first-order valence-electron chi connectivity index (χ1n) is 11.0. The maximum absolute atomic E-state index is 13.9. The normalized spacial score (nSPS) is 10.7. The zero-order valence-electron chi connectivity index (χ0n) is 19.0. The fraction of sp³-hybridized carbons (Fsp3) is 0.192. The third-order valence-corrected chi connectivity index (χ3v) is 4.96. The van der Waals surface area contributed by atoms with Gasteiger partial charge in [-0.15, -0.1) is 0 Å². The van der Waals surface area contributed by atoms with E-state index in [1.807, 2.05) is 19.1 Å². The molecule has 4 rings (SSSR count). The van der Waals surface area contributed by atoms with Crippen molar-refractivity contribution in [1.29, 1.82) is 0 Å². The summed E-state index contributed by atoms with van der Waals surface area (Å²) in [7, 11) is 0. The van der Waals surface area contributed by atoms with Crippen LogP contribution in [-0.4, -0.2) is 22.5 Å². The van der Waals surface area contributed by atoms with Crippen LogP contribution < -0.4 is 14.8 Å². The Labute approximate surface area is 200 Å². The molecule has 0 fully saturated rings. The van der Waals surface area contributed by atoms with Crippen LogP contribution in [0.1, 0.15) is 24.8 Å². The number of pyridine rings is 1. The Hall–Kier alpha value is -4.27. The lowest BCUT2D eigenvalue weighted by Crippen LogP contribution is -2.23. The number of aryl methyl sites for hydroxylation is 1. The van der Waals surface area contributed by atoms with Crippen LogP contribution in [0.2, 0.25) is 0 Å². The van der Waals surface area contributed by atoms with Gasteiger partial charge in [0.2, 0.25) is 11.8 Å². The van der Waals surface area contributed by atoms with Crippen molar-refractivity contribution in [3.8, 4) is 28.7 Å². The quantitative estimate of drug-likeness (QED) is 0.325. The van der Waals surface area contributed by atoms with Crippen LogP contribution in [0.5, 0.6) is 17.4 Å². The summed E-state index contributed by atoms with van der Waals surface area (Å²) in [5, 5.41) is 2.83. The number of oxazole rings is 1. The first kappa shape index (κ1) is 23.9. The first-order chi connectivity index (χ1) is 17.0. The van der Waals surface area contributed by atoms with Gasteiger partial charge in [-0.25, -0.2) is 18.7 Å². The summed E-state index contributed by atoms with van der Waals surface area (Å²) in [5.41, 5.74) is 0.926. The molecule has 2 heterocycles. The van der Waals surface area contributed by atoms with E-state index in [0.717, 1.165) is 23.4 Å². The number of amides is 1. The zero-order chi connectivity index (χ0) is 24.6. The number of halogens is 2. The molecule has 9 heteroatoms. The molecule has 0 aliphatic heterocycles. The van der Waals surface area contributed by atoms with Crippen molar-refractivity contribution in [1.82, 2.24) is 15.3 Å². The fourth-order valence-electron chi connectivity index (χ4n) is 3.26. The average Bonchev–Trinajstić information content (AvgIpc) is 3.32. The van der Waals surface area contributed by atoms with Gasteiger partial charge in [0.15, 0.2) is 11.7 Å². The number of hydrogen-bond acceptors (Lipinski definition) is 6. The summed E-state index contributed by atoms with van der Waals surface area (Å²) in [6, 6.07) is 13.9. The van der Waals surface area contributed by atoms with Crippen LogP contribution in [0.3, 0.4) is 0 Å². The molecule has 0 spiro atoms. The van der Waals surface area contributed by atoms with E-state index >= 15 is 0 Å². The molecule has 35 heavy (non-hydrogen) atoms. The minimum absolute atomic E-state index is 0.107. The Balaban J connectivity index is 1.26. The number of benzene rings is 2. The molecule has 0 unspecified atom stereocenters. The van der Waals surface area contributed by atoms with E-state index in [9.17, 15) is 13.6 Å². The van der Waals surface area contributed by atoms with E-state index in [1.54, 1.807) is 30.5 Å². The molecular formula is C26H23F2N3O4. The molecule has 0 radical (unpaired) electrons. The van der Waals surface area contributed by atoms with Gasteiger partial charge in [-0.1, -0.05) is 0 Å². The van der Waals surface area contributed by atoms with Crippen molar-refractivity contribution < 1.29 is 27.5 Å². The van der Waals surface area contributed by atoms with E-state index in [0.29, 0.717) is 24.8 Å². The maximum Gasteiger partial charge on any atom is 0.220 e. The van der Waals surface area contributed by atoms with E-state index in [-0.39, 0.29) is 36.0 Å². The van der Waals surface area contributed by atoms with Crippen LogP contribution in [0.15, 0.2) is 71.4 Å². The molecule has 7 nitrogen and oxygen atoms in total. The summed E-state index contributed by atoms with van der Waals surface area (Å²) < 4.78 is 43.7. The van der Waals surface area contributed by atoms with Crippen molar-refractivity contribution >= 4 is 5.91 Å². The predicted molar refractivity (Wildman–Crippen MR) is 124 cm³/mol. The van der Waals surface area contributed by atoms with Gasteiger partial charge < -0.3 is 19.2 Å². The molecule has 0 bridgehead atoms. The molecule has 1 N–H and O–H groups in total. The van der Waals surface area contributed by atoms with Crippen LogP contribution >= 0.6 is 0 Å². The number of carbonyl (C=O) groups is 1. The zero-order valence-corrected chi connectivity index (χ0v) is 19.0.